The fourth-order valence-corrected chi connectivity index (χ4v) is 8.25. The van der Waals surface area contributed by atoms with Crippen molar-refractivity contribution >= 4 is 27.6 Å². The average molecular weight is 1010 g/mol. The summed E-state index contributed by atoms with van der Waals surface area (Å²) < 4.78 is 49.3. The predicted molar refractivity (Wildman–Crippen MR) is 261 cm³/mol. The average Bonchev–Trinajstić information content (AvgIpc) is 3.29. The van der Waals surface area contributed by atoms with Crippen LogP contribution in [-0.4, -0.2) is 115 Å². The summed E-state index contributed by atoms with van der Waals surface area (Å²) in [4.78, 5) is 54.3. The van der Waals surface area contributed by atoms with Crippen LogP contribution < -0.4 is 0 Å². The maximum atomic E-state index is 13.0. The monoisotopic (exact) mass is 1000 g/mol. The molecule has 17 nitrogen and oxygen atoms in total. The standard InChI is InChI=1S/C49H82O17P2/c1-2-3-4-5-6-7-8-9-10-12-16-19-22-25-28-31-34-37-43(52)64-41(40-63-68(60,61)66-49-46(55)44(53)45(54)48(47(49)56)65-67(57,58)59)39-62-42(51)36-33-30-27-24-21-18-15-13-11-14-17-20-23-26-29-32-35-38-50/h6-7,9-11,14-16,18-20,23-24,27,41,44-50,53-56H,2-5,8,12-13,17,21-22,25-26,28-40H2,1H3,(H,60,61)(H2,57,58,59)/b7-6-,10-9-,14-11-,18-15-,19-16-,23-20-,27-24-/t41-,44?,45?,46?,47?,48-,49+/m1/s1. The van der Waals surface area contributed by atoms with Gasteiger partial charge in [-0.3, -0.25) is 23.2 Å². The molecule has 0 bridgehead atoms. The molecule has 0 amide bonds. The second-order valence-electron chi connectivity index (χ2n) is 16.5. The van der Waals surface area contributed by atoms with Crippen LogP contribution in [0.3, 0.4) is 0 Å². The first-order valence-electron chi connectivity index (χ1n) is 24.2. The Morgan fingerprint density at radius 3 is 1.41 bits per heavy atom. The Kier molecular flexibility index (Phi) is 37.0. The van der Waals surface area contributed by atoms with Crippen molar-refractivity contribution in [2.45, 2.75) is 191 Å². The van der Waals surface area contributed by atoms with Crippen LogP contribution in [-0.2, 0) is 41.8 Å². The summed E-state index contributed by atoms with van der Waals surface area (Å²) in [5.74, 6) is -1.32. The highest BCUT2D eigenvalue weighted by Crippen LogP contribution is 2.49. The van der Waals surface area contributed by atoms with E-state index in [-0.39, 0.29) is 19.4 Å². The fraction of sp³-hybridized carbons (Fsp3) is 0.673. The molecule has 1 rings (SSSR count). The summed E-state index contributed by atoms with van der Waals surface area (Å²) in [5.41, 5.74) is 0. The van der Waals surface area contributed by atoms with E-state index in [2.05, 4.69) is 78.3 Å². The largest absolute Gasteiger partial charge is 0.472 e. The van der Waals surface area contributed by atoms with Gasteiger partial charge in [0.05, 0.1) is 6.61 Å². The molecular formula is C49H82O17P2. The van der Waals surface area contributed by atoms with Gasteiger partial charge in [0.25, 0.3) is 0 Å². The Morgan fingerprint density at radius 2 is 0.926 bits per heavy atom. The second-order valence-corrected chi connectivity index (χ2v) is 19.1. The molecule has 0 aromatic heterocycles. The highest BCUT2D eigenvalue weighted by molar-refractivity contribution is 7.47. The molecule has 68 heavy (non-hydrogen) atoms. The highest BCUT2D eigenvalue weighted by Gasteiger charge is 2.54. The van der Waals surface area contributed by atoms with Gasteiger partial charge < -0.3 is 49.7 Å². The smallest absolute Gasteiger partial charge is 0.462 e. The maximum absolute atomic E-state index is 13.0. The number of rotatable bonds is 40. The molecule has 0 spiro atoms. The number of hydrogen-bond acceptors (Lipinski definition) is 14. The minimum absolute atomic E-state index is 0.00333. The second kappa shape index (κ2) is 39.8. The van der Waals surface area contributed by atoms with E-state index in [1.807, 2.05) is 18.2 Å². The number of ether oxygens (including phenoxy) is 2. The van der Waals surface area contributed by atoms with E-state index in [1.165, 1.54) is 19.3 Å². The fourth-order valence-electron chi connectivity index (χ4n) is 6.71. The number of phosphoric acid groups is 2. The van der Waals surface area contributed by atoms with Crippen molar-refractivity contribution in [1.82, 2.24) is 0 Å². The molecule has 390 valence electrons. The van der Waals surface area contributed by atoms with Gasteiger partial charge in [0.2, 0.25) is 0 Å². The van der Waals surface area contributed by atoms with Crippen LogP contribution in [0.1, 0.15) is 148 Å². The summed E-state index contributed by atoms with van der Waals surface area (Å²) >= 11 is 0. The number of phosphoric ester groups is 2. The first kappa shape index (κ1) is 63.2. The summed E-state index contributed by atoms with van der Waals surface area (Å²) in [6.07, 6.45) is 32.6. The number of hydrogen-bond donors (Lipinski definition) is 8. The van der Waals surface area contributed by atoms with Crippen molar-refractivity contribution in [1.29, 1.82) is 0 Å². The van der Waals surface area contributed by atoms with Crippen LogP contribution in [0.2, 0.25) is 0 Å². The van der Waals surface area contributed by atoms with E-state index >= 15 is 0 Å². The van der Waals surface area contributed by atoms with E-state index in [4.69, 9.17) is 23.6 Å². The van der Waals surface area contributed by atoms with Crippen molar-refractivity contribution in [3.63, 3.8) is 0 Å². The van der Waals surface area contributed by atoms with E-state index < -0.39 is 83.5 Å². The summed E-state index contributed by atoms with van der Waals surface area (Å²) in [6, 6.07) is 0. The number of allylic oxidation sites excluding steroid dienone is 14. The summed E-state index contributed by atoms with van der Waals surface area (Å²) in [5, 5.41) is 50.1. The third kappa shape index (κ3) is 33.6. The van der Waals surface area contributed by atoms with Gasteiger partial charge in [-0.1, -0.05) is 124 Å². The van der Waals surface area contributed by atoms with Crippen LogP contribution >= 0.6 is 15.6 Å². The maximum Gasteiger partial charge on any atom is 0.472 e. The third-order valence-electron chi connectivity index (χ3n) is 10.5. The lowest BCUT2D eigenvalue weighted by Gasteiger charge is -2.43. The normalized spacial score (nSPS) is 22.0. The molecule has 0 heterocycles. The highest BCUT2D eigenvalue weighted by atomic mass is 31.2. The van der Waals surface area contributed by atoms with Gasteiger partial charge in [0.15, 0.2) is 6.10 Å². The van der Waals surface area contributed by atoms with Crippen molar-refractivity contribution in [2.24, 2.45) is 0 Å². The zero-order chi connectivity index (χ0) is 50.3. The molecule has 1 aliphatic rings. The quantitative estimate of drug-likeness (QED) is 0.0124. The number of esters is 2. The van der Waals surface area contributed by atoms with E-state index in [1.54, 1.807) is 0 Å². The van der Waals surface area contributed by atoms with Gasteiger partial charge in [-0.05, 0) is 96.3 Å². The van der Waals surface area contributed by atoms with Crippen LogP contribution in [0, 0.1) is 0 Å². The molecule has 1 saturated carbocycles. The number of unbranched alkanes of at least 4 members (excludes halogenated alkanes) is 11. The van der Waals surface area contributed by atoms with E-state index in [9.17, 15) is 53.8 Å². The minimum atomic E-state index is -5.38. The lowest BCUT2D eigenvalue weighted by molar-refractivity contribution is -0.216. The molecule has 1 aliphatic carbocycles. The minimum Gasteiger partial charge on any atom is -0.462 e. The van der Waals surface area contributed by atoms with Gasteiger partial charge >= 0.3 is 27.6 Å². The number of carbonyl (C=O) groups is 2. The first-order valence-corrected chi connectivity index (χ1v) is 27.3. The molecule has 0 radical (unpaired) electrons. The molecule has 8 N–H and O–H groups in total. The van der Waals surface area contributed by atoms with Gasteiger partial charge in [-0.2, -0.15) is 0 Å². The van der Waals surface area contributed by atoms with Crippen LogP contribution in [0.4, 0.5) is 0 Å². The first-order chi connectivity index (χ1) is 32.6. The Balaban J connectivity index is 2.64. The molecule has 0 aliphatic heterocycles. The van der Waals surface area contributed by atoms with Crippen LogP contribution in [0.5, 0.6) is 0 Å². The SMILES string of the molecule is CCCCC/C=C\C/C=C\C/C=C\CCCCCCC(=O)O[C@H](COC(=O)CCC/C=C\C/C=C\C/C=C\C/C=C\CCCCCO)COP(=O)(O)O[C@H]1C(O)C(O)C(O)[C@@H](OP(=O)(O)O)C1O. The Morgan fingerprint density at radius 1 is 0.500 bits per heavy atom. The number of carbonyl (C=O) groups excluding carboxylic acids is 2. The van der Waals surface area contributed by atoms with E-state index in [0.29, 0.717) is 19.3 Å². The van der Waals surface area contributed by atoms with Crippen molar-refractivity contribution in [3.8, 4) is 0 Å². The Hall–Kier alpha value is -2.86. The molecular weight excluding hydrogens is 922 g/mol. The predicted octanol–water partition coefficient (Wildman–Crippen LogP) is 8.37. The molecule has 0 saturated heterocycles. The van der Waals surface area contributed by atoms with E-state index in [0.717, 1.165) is 89.9 Å². The van der Waals surface area contributed by atoms with Crippen LogP contribution in [0.25, 0.3) is 0 Å². The number of aliphatic hydroxyl groups excluding tert-OH is 5. The molecule has 5 unspecified atom stereocenters. The molecule has 19 heteroatoms. The molecule has 1 fully saturated rings. The summed E-state index contributed by atoms with van der Waals surface area (Å²) in [7, 11) is -10.7. The van der Waals surface area contributed by atoms with Gasteiger partial charge in [0, 0.05) is 19.4 Å². The molecule has 8 atom stereocenters. The molecule has 0 aromatic carbocycles. The van der Waals surface area contributed by atoms with Gasteiger partial charge in [-0.15, -0.1) is 0 Å². The Bertz CT molecular complexity index is 1640. The topological polar surface area (TPSA) is 276 Å². The summed E-state index contributed by atoms with van der Waals surface area (Å²) in [6.45, 7) is 1.01. The third-order valence-corrected chi connectivity index (χ3v) is 12.0. The Labute approximate surface area is 404 Å². The van der Waals surface area contributed by atoms with Crippen molar-refractivity contribution in [3.05, 3.63) is 85.1 Å². The van der Waals surface area contributed by atoms with Gasteiger partial charge in [0.1, 0.15) is 43.2 Å². The van der Waals surface area contributed by atoms with Crippen LogP contribution in [0.15, 0.2) is 85.1 Å². The van der Waals surface area contributed by atoms with Gasteiger partial charge in [-0.25, -0.2) is 9.13 Å². The van der Waals surface area contributed by atoms with Crippen molar-refractivity contribution in [2.75, 3.05) is 19.8 Å². The zero-order valence-corrected chi connectivity index (χ0v) is 41.7. The lowest BCUT2D eigenvalue weighted by Crippen LogP contribution is -2.64. The van der Waals surface area contributed by atoms with Crippen molar-refractivity contribution < 1.29 is 82.0 Å². The molecule has 0 aromatic rings. The lowest BCUT2D eigenvalue weighted by atomic mass is 9.85. The number of aliphatic hydroxyl groups is 5. The zero-order valence-electron chi connectivity index (χ0n) is 39.9.